The molecular formula is C26H21N3O4. The number of ether oxygens (including phenoxy) is 1. The first-order valence-corrected chi connectivity index (χ1v) is 10.5. The minimum atomic E-state index is -0.778. The zero-order valence-corrected chi connectivity index (χ0v) is 17.9. The lowest BCUT2D eigenvalue weighted by Crippen LogP contribution is -2.29. The maximum absolute atomic E-state index is 13.3. The van der Waals surface area contributed by atoms with E-state index >= 15 is 0 Å². The van der Waals surface area contributed by atoms with E-state index in [0.29, 0.717) is 11.3 Å². The van der Waals surface area contributed by atoms with Gasteiger partial charge in [-0.2, -0.15) is 0 Å². The van der Waals surface area contributed by atoms with E-state index in [1.807, 2.05) is 24.3 Å². The maximum atomic E-state index is 13.3. The first-order chi connectivity index (χ1) is 16.1. The fourth-order valence-corrected chi connectivity index (χ4v) is 4.36. The number of aromatic nitrogens is 2. The zero-order chi connectivity index (χ0) is 22.9. The fraction of sp³-hybridized carbons (Fsp3) is 0.115. The number of rotatable bonds is 5. The van der Waals surface area contributed by atoms with Crippen LogP contribution >= 0.6 is 0 Å². The molecule has 2 aromatic carbocycles. The second-order valence-electron chi connectivity index (χ2n) is 7.77. The van der Waals surface area contributed by atoms with E-state index in [0.717, 1.165) is 22.0 Å². The molecule has 3 heterocycles. The molecular weight excluding hydrogens is 418 g/mol. The third kappa shape index (κ3) is 3.43. The van der Waals surface area contributed by atoms with Crippen LogP contribution in [-0.4, -0.2) is 38.8 Å². The minimum absolute atomic E-state index is 0.0308. The smallest absolute Gasteiger partial charge is 0.295 e. The van der Waals surface area contributed by atoms with Gasteiger partial charge in [0.2, 0.25) is 0 Å². The van der Waals surface area contributed by atoms with Crippen LogP contribution in [0.5, 0.6) is 5.75 Å². The number of H-pyrrole nitrogens is 1. The number of Topliss-reactive ketones (excluding diaryl/α,β-unsaturated/α-hetero) is 1. The molecule has 33 heavy (non-hydrogen) atoms. The first-order valence-electron chi connectivity index (χ1n) is 10.5. The molecule has 1 fully saturated rings. The molecule has 1 aliphatic heterocycles. The lowest BCUT2D eigenvalue weighted by molar-refractivity contribution is -0.140. The van der Waals surface area contributed by atoms with E-state index in [1.54, 1.807) is 55.0 Å². The second-order valence-corrected chi connectivity index (χ2v) is 7.77. The predicted molar refractivity (Wildman–Crippen MR) is 123 cm³/mol. The van der Waals surface area contributed by atoms with Crippen LogP contribution in [0.2, 0.25) is 0 Å². The molecule has 1 atom stereocenters. The van der Waals surface area contributed by atoms with Crippen molar-refractivity contribution in [2.75, 3.05) is 7.11 Å². The third-order valence-corrected chi connectivity index (χ3v) is 5.92. The topological polar surface area (TPSA) is 95.5 Å². The summed E-state index contributed by atoms with van der Waals surface area (Å²) in [5, 5.41) is 12.2. The van der Waals surface area contributed by atoms with Gasteiger partial charge in [-0.05, 0) is 35.9 Å². The number of methoxy groups -OCH3 is 1. The van der Waals surface area contributed by atoms with Crippen molar-refractivity contribution in [2.45, 2.75) is 12.6 Å². The number of likely N-dealkylation sites (tertiary alicyclic amines) is 1. The average Bonchev–Trinajstić information content (AvgIpc) is 3.38. The number of carbonyl (C=O) groups excluding carboxylic acids is 2. The molecule has 0 radical (unpaired) electrons. The van der Waals surface area contributed by atoms with Gasteiger partial charge >= 0.3 is 0 Å². The Morgan fingerprint density at radius 2 is 1.79 bits per heavy atom. The number of aliphatic hydroxyl groups is 1. The summed E-state index contributed by atoms with van der Waals surface area (Å²) in [5.41, 5.74) is 2.82. The normalized spacial score (nSPS) is 17.6. The van der Waals surface area contributed by atoms with Crippen LogP contribution in [0, 0.1) is 0 Å². The van der Waals surface area contributed by atoms with Crippen molar-refractivity contribution in [2.24, 2.45) is 0 Å². The number of carbonyl (C=O) groups is 2. The molecule has 1 unspecified atom stereocenters. The number of fused-ring (bicyclic) bond motifs is 1. The van der Waals surface area contributed by atoms with Crippen LogP contribution in [0.15, 0.2) is 84.8 Å². The summed E-state index contributed by atoms with van der Waals surface area (Å²) in [6.45, 7) is 0.194. The number of ketones is 1. The Labute approximate surface area is 190 Å². The third-order valence-electron chi connectivity index (χ3n) is 5.92. The van der Waals surface area contributed by atoms with E-state index in [4.69, 9.17) is 4.74 Å². The van der Waals surface area contributed by atoms with Gasteiger partial charge < -0.3 is 19.7 Å². The lowest BCUT2D eigenvalue weighted by Gasteiger charge is -2.25. The Balaban J connectivity index is 1.73. The highest BCUT2D eigenvalue weighted by Crippen LogP contribution is 2.43. The van der Waals surface area contributed by atoms with E-state index < -0.39 is 17.7 Å². The molecule has 0 aliphatic carbocycles. The largest absolute Gasteiger partial charge is 0.507 e. The summed E-state index contributed by atoms with van der Waals surface area (Å²) in [5.74, 6) is -1.26. The van der Waals surface area contributed by atoms with Crippen LogP contribution < -0.4 is 4.74 Å². The molecule has 2 N–H and O–H groups in total. The molecule has 4 aromatic rings. The Morgan fingerprint density at radius 1 is 1.06 bits per heavy atom. The van der Waals surface area contributed by atoms with Crippen LogP contribution in [0.3, 0.4) is 0 Å². The summed E-state index contributed by atoms with van der Waals surface area (Å²) in [6, 6.07) is 17.3. The van der Waals surface area contributed by atoms with E-state index in [1.165, 1.54) is 12.0 Å². The number of aromatic amines is 1. The van der Waals surface area contributed by atoms with Crippen LogP contribution in [-0.2, 0) is 16.1 Å². The van der Waals surface area contributed by atoms with Gasteiger partial charge in [0, 0.05) is 41.6 Å². The molecule has 0 saturated carbocycles. The summed E-state index contributed by atoms with van der Waals surface area (Å²) in [6.07, 6.45) is 5.07. The van der Waals surface area contributed by atoms with Crippen molar-refractivity contribution < 1.29 is 19.4 Å². The summed E-state index contributed by atoms with van der Waals surface area (Å²) in [4.78, 5) is 35.2. The zero-order valence-electron chi connectivity index (χ0n) is 17.9. The van der Waals surface area contributed by atoms with Gasteiger partial charge in [0.1, 0.15) is 11.5 Å². The van der Waals surface area contributed by atoms with Gasteiger partial charge in [0.15, 0.2) is 0 Å². The van der Waals surface area contributed by atoms with Gasteiger partial charge in [-0.15, -0.1) is 0 Å². The quantitative estimate of drug-likeness (QED) is 0.276. The second kappa shape index (κ2) is 8.27. The standard InChI is InChI=1S/C26H21N3O4/c1-33-21-9-5-3-7-18(21)24(30)22-23(19-14-28-20-8-4-2-6-17(19)20)29(26(32)25(22)31)15-16-10-12-27-13-11-16/h2-14,23,28,30H,15H2,1H3/b24-22+. The van der Waals surface area contributed by atoms with E-state index in [9.17, 15) is 14.7 Å². The number of aliphatic hydroxyl groups excluding tert-OH is 1. The van der Waals surface area contributed by atoms with Crippen molar-refractivity contribution in [1.29, 1.82) is 0 Å². The Kier molecular flexibility index (Phi) is 5.14. The van der Waals surface area contributed by atoms with Crippen molar-refractivity contribution in [3.8, 4) is 5.75 Å². The molecule has 7 nitrogen and oxygen atoms in total. The number of amides is 1. The van der Waals surface area contributed by atoms with Gasteiger partial charge in [0.05, 0.1) is 24.3 Å². The molecule has 164 valence electrons. The molecule has 2 aromatic heterocycles. The van der Waals surface area contributed by atoms with Gasteiger partial charge in [-0.3, -0.25) is 14.6 Å². The van der Waals surface area contributed by atoms with Crippen LogP contribution in [0.1, 0.15) is 22.7 Å². The SMILES string of the molecule is COc1ccccc1/C(O)=C1\C(=O)C(=O)N(Cc2ccncc2)C1c1c[nH]c2ccccc12. The van der Waals surface area contributed by atoms with Crippen molar-refractivity contribution in [3.05, 3.63) is 102 Å². The predicted octanol–water partition coefficient (Wildman–Crippen LogP) is 4.19. The highest BCUT2D eigenvalue weighted by molar-refractivity contribution is 6.46. The number of hydrogen-bond acceptors (Lipinski definition) is 5. The van der Waals surface area contributed by atoms with Crippen molar-refractivity contribution in [3.63, 3.8) is 0 Å². The highest BCUT2D eigenvalue weighted by atomic mass is 16.5. The Hall–Kier alpha value is -4.39. The highest BCUT2D eigenvalue weighted by Gasteiger charge is 2.47. The molecule has 5 rings (SSSR count). The number of nitrogens with zero attached hydrogens (tertiary/aromatic N) is 2. The Morgan fingerprint density at radius 3 is 2.58 bits per heavy atom. The number of nitrogens with one attached hydrogen (secondary N) is 1. The van der Waals surface area contributed by atoms with Gasteiger partial charge in [-0.1, -0.05) is 30.3 Å². The molecule has 7 heteroatoms. The molecule has 0 spiro atoms. The minimum Gasteiger partial charge on any atom is -0.507 e. The van der Waals surface area contributed by atoms with Gasteiger partial charge in [-0.25, -0.2) is 0 Å². The summed E-state index contributed by atoms with van der Waals surface area (Å²) < 4.78 is 5.39. The van der Waals surface area contributed by atoms with Crippen LogP contribution in [0.4, 0.5) is 0 Å². The number of hydrogen-bond donors (Lipinski definition) is 2. The summed E-state index contributed by atoms with van der Waals surface area (Å²) in [7, 11) is 1.49. The van der Waals surface area contributed by atoms with E-state index in [2.05, 4.69) is 9.97 Å². The molecule has 1 aliphatic rings. The average molecular weight is 439 g/mol. The monoisotopic (exact) mass is 439 g/mol. The molecule has 0 bridgehead atoms. The Bertz CT molecular complexity index is 1390. The van der Waals surface area contributed by atoms with Crippen LogP contribution in [0.25, 0.3) is 16.7 Å². The molecule has 1 amide bonds. The molecule has 1 saturated heterocycles. The lowest BCUT2D eigenvalue weighted by atomic mass is 9.94. The number of pyridine rings is 1. The number of benzene rings is 2. The number of para-hydroxylation sites is 2. The first kappa shape index (κ1) is 20.5. The summed E-state index contributed by atoms with van der Waals surface area (Å²) >= 11 is 0. The van der Waals surface area contributed by atoms with Gasteiger partial charge in [0.25, 0.3) is 11.7 Å². The van der Waals surface area contributed by atoms with E-state index in [-0.39, 0.29) is 17.9 Å². The fourth-order valence-electron chi connectivity index (χ4n) is 4.36. The van der Waals surface area contributed by atoms with Crippen molar-refractivity contribution in [1.82, 2.24) is 14.9 Å². The van der Waals surface area contributed by atoms with Crippen molar-refractivity contribution >= 4 is 28.4 Å². The maximum Gasteiger partial charge on any atom is 0.295 e.